The summed E-state index contributed by atoms with van der Waals surface area (Å²) in [6.07, 6.45) is 2.87. The van der Waals surface area contributed by atoms with Crippen molar-refractivity contribution in [2.45, 2.75) is 20.3 Å². The summed E-state index contributed by atoms with van der Waals surface area (Å²) in [5, 5.41) is 1.18. The molecule has 0 N–H and O–H groups in total. The van der Waals surface area contributed by atoms with Crippen LogP contribution < -0.4 is 4.90 Å². The second kappa shape index (κ2) is 6.33. The first-order chi connectivity index (χ1) is 11.1. The van der Waals surface area contributed by atoms with Crippen LogP contribution in [0.1, 0.15) is 17.5 Å². The number of anilines is 1. The SMILES string of the molecule is C=CCCN(C)c1oc2ccc(C)cc2c1-c1ccc(C)cc1. The molecule has 1 heterocycles. The second-order valence-electron chi connectivity index (χ2n) is 6.15. The zero-order valence-corrected chi connectivity index (χ0v) is 14.1. The van der Waals surface area contributed by atoms with Crippen LogP contribution >= 0.6 is 0 Å². The third-order valence-corrected chi connectivity index (χ3v) is 4.18. The maximum atomic E-state index is 6.19. The van der Waals surface area contributed by atoms with Gasteiger partial charge in [-0.2, -0.15) is 0 Å². The Labute approximate surface area is 138 Å². The minimum Gasteiger partial charge on any atom is -0.440 e. The Morgan fingerprint density at radius 1 is 1.04 bits per heavy atom. The largest absolute Gasteiger partial charge is 0.440 e. The molecule has 2 heteroatoms. The fraction of sp³-hybridized carbons (Fsp3) is 0.238. The highest BCUT2D eigenvalue weighted by atomic mass is 16.4. The van der Waals surface area contributed by atoms with Gasteiger partial charge in [-0.25, -0.2) is 0 Å². The standard InChI is InChI=1S/C21H23NO/c1-5-6-13-22(4)21-20(17-10-7-15(2)8-11-17)18-14-16(3)9-12-19(18)23-21/h5,7-12,14H,1,6,13H2,2-4H3. The van der Waals surface area contributed by atoms with E-state index in [2.05, 4.69) is 74.8 Å². The maximum absolute atomic E-state index is 6.19. The van der Waals surface area contributed by atoms with E-state index in [-0.39, 0.29) is 0 Å². The summed E-state index contributed by atoms with van der Waals surface area (Å²) in [5.41, 5.74) is 5.81. The summed E-state index contributed by atoms with van der Waals surface area (Å²) < 4.78 is 6.19. The smallest absolute Gasteiger partial charge is 0.204 e. The van der Waals surface area contributed by atoms with E-state index in [9.17, 15) is 0 Å². The predicted molar refractivity (Wildman–Crippen MR) is 99.2 cm³/mol. The highest BCUT2D eigenvalue weighted by Crippen LogP contribution is 2.40. The zero-order valence-electron chi connectivity index (χ0n) is 14.1. The van der Waals surface area contributed by atoms with Crippen LogP contribution in [0.2, 0.25) is 0 Å². The van der Waals surface area contributed by atoms with Crippen molar-refractivity contribution in [2.24, 2.45) is 0 Å². The first kappa shape index (κ1) is 15.4. The number of hydrogen-bond donors (Lipinski definition) is 0. The van der Waals surface area contributed by atoms with Gasteiger partial charge in [0.15, 0.2) is 0 Å². The van der Waals surface area contributed by atoms with E-state index in [1.807, 2.05) is 6.08 Å². The summed E-state index contributed by atoms with van der Waals surface area (Å²) >= 11 is 0. The number of fused-ring (bicyclic) bond motifs is 1. The molecule has 0 atom stereocenters. The molecule has 2 aromatic carbocycles. The van der Waals surface area contributed by atoms with Gasteiger partial charge >= 0.3 is 0 Å². The van der Waals surface area contributed by atoms with E-state index < -0.39 is 0 Å². The lowest BCUT2D eigenvalue weighted by Gasteiger charge is -2.17. The Hall–Kier alpha value is -2.48. The normalized spacial score (nSPS) is 10.9. The molecule has 0 aliphatic heterocycles. The molecular weight excluding hydrogens is 282 g/mol. The average molecular weight is 305 g/mol. The third-order valence-electron chi connectivity index (χ3n) is 4.18. The van der Waals surface area contributed by atoms with E-state index in [0.29, 0.717) is 0 Å². The molecule has 2 nitrogen and oxygen atoms in total. The van der Waals surface area contributed by atoms with Crippen molar-refractivity contribution in [1.82, 2.24) is 0 Å². The first-order valence-electron chi connectivity index (χ1n) is 8.02. The minimum atomic E-state index is 0.890. The molecule has 0 radical (unpaired) electrons. The Morgan fingerprint density at radius 2 is 1.74 bits per heavy atom. The van der Waals surface area contributed by atoms with E-state index in [1.165, 1.54) is 27.6 Å². The summed E-state index contributed by atoms with van der Waals surface area (Å²) in [5.74, 6) is 0.927. The highest BCUT2D eigenvalue weighted by Gasteiger charge is 2.19. The van der Waals surface area contributed by atoms with Crippen LogP contribution in [0.25, 0.3) is 22.1 Å². The number of hydrogen-bond acceptors (Lipinski definition) is 2. The van der Waals surface area contributed by atoms with Gasteiger partial charge in [-0.05, 0) is 38.0 Å². The number of benzene rings is 2. The number of furan rings is 1. The molecule has 1 aromatic heterocycles. The Kier molecular flexibility index (Phi) is 4.24. The Balaban J connectivity index is 2.20. The topological polar surface area (TPSA) is 16.4 Å². The van der Waals surface area contributed by atoms with E-state index >= 15 is 0 Å². The summed E-state index contributed by atoms with van der Waals surface area (Å²) in [4.78, 5) is 2.17. The van der Waals surface area contributed by atoms with Gasteiger partial charge in [-0.3, -0.25) is 0 Å². The number of aryl methyl sites for hydroxylation is 2. The van der Waals surface area contributed by atoms with Gasteiger partial charge in [0.2, 0.25) is 5.88 Å². The molecule has 0 unspecified atom stereocenters. The summed E-state index contributed by atoms with van der Waals surface area (Å²) in [6, 6.07) is 15.0. The molecule has 3 rings (SSSR count). The highest BCUT2D eigenvalue weighted by molar-refractivity contribution is 6.00. The lowest BCUT2D eigenvalue weighted by Crippen LogP contribution is -2.17. The molecule has 0 aliphatic rings. The molecule has 0 amide bonds. The molecule has 23 heavy (non-hydrogen) atoms. The molecule has 0 saturated heterocycles. The number of nitrogens with zero attached hydrogens (tertiary/aromatic N) is 1. The summed E-state index contributed by atoms with van der Waals surface area (Å²) in [6.45, 7) is 8.93. The van der Waals surface area contributed by atoms with Crippen LogP contribution in [0, 0.1) is 13.8 Å². The third kappa shape index (κ3) is 3.02. The molecule has 118 valence electrons. The Morgan fingerprint density at radius 3 is 2.43 bits per heavy atom. The minimum absolute atomic E-state index is 0.890. The van der Waals surface area contributed by atoms with E-state index in [0.717, 1.165) is 24.4 Å². The van der Waals surface area contributed by atoms with Crippen molar-refractivity contribution in [1.29, 1.82) is 0 Å². The van der Waals surface area contributed by atoms with Crippen molar-refractivity contribution in [3.63, 3.8) is 0 Å². The number of rotatable bonds is 5. The summed E-state index contributed by atoms with van der Waals surface area (Å²) in [7, 11) is 2.08. The quantitative estimate of drug-likeness (QED) is 0.560. The predicted octanol–water partition coefficient (Wildman–Crippen LogP) is 5.73. The van der Waals surface area contributed by atoms with Crippen molar-refractivity contribution in [3.05, 3.63) is 66.2 Å². The van der Waals surface area contributed by atoms with Crippen molar-refractivity contribution in [2.75, 3.05) is 18.5 Å². The van der Waals surface area contributed by atoms with Crippen LogP contribution in [-0.2, 0) is 0 Å². The van der Waals surface area contributed by atoms with E-state index in [1.54, 1.807) is 0 Å². The van der Waals surface area contributed by atoms with Crippen LogP contribution in [0.15, 0.2) is 59.5 Å². The van der Waals surface area contributed by atoms with Gasteiger partial charge in [-0.15, -0.1) is 6.58 Å². The molecule has 0 spiro atoms. The molecule has 0 bridgehead atoms. The molecular formula is C21H23NO. The average Bonchev–Trinajstić information content (AvgIpc) is 2.92. The van der Waals surface area contributed by atoms with Crippen molar-refractivity contribution < 1.29 is 4.42 Å². The first-order valence-corrected chi connectivity index (χ1v) is 8.02. The van der Waals surface area contributed by atoms with E-state index in [4.69, 9.17) is 4.42 Å². The van der Waals surface area contributed by atoms with Crippen molar-refractivity contribution >= 4 is 16.9 Å². The van der Waals surface area contributed by atoms with Gasteiger partial charge in [-0.1, -0.05) is 47.5 Å². The second-order valence-corrected chi connectivity index (χ2v) is 6.15. The lowest BCUT2D eigenvalue weighted by atomic mass is 10.0. The fourth-order valence-electron chi connectivity index (χ4n) is 2.85. The lowest BCUT2D eigenvalue weighted by molar-refractivity contribution is 0.598. The van der Waals surface area contributed by atoms with Gasteiger partial charge in [0, 0.05) is 19.0 Å². The molecule has 0 fully saturated rings. The van der Waals surface area contributed by atoms with Crippen molar-refractivity contribution in [3.8, 4) is 11.1 Å². The van der Waals surface area contributed by atoms with Crippen LogP contribution in [0.3, 0.4) is 0 Å². The maximum Gasteiger partial charge on any atom is 0.204 e. The van der Waals surface area contributed by atoms with Crippen LogP contribution in [0.4, 0.5) is 5.88 Å². The fourth-order valence-corrected chi connectivity index (χ4v) is 2.85. The molecule has 0 saturated carbocycles. The molecule has 3 aromatic rings. The van der Waals surface area contributed by atoms with Gasteiger partial charge < -0.3 is 9.32 Å². The Bertz CT molecular complexity index is 827. The monoisotopic (exact) mass is 305 g/mol. The van der Waals surface area contributed by atoms with Crippen LogP contribution in [0.5, 0.6) is 0 Å². The van der Waals surface area contributed by atoms with Gasteiger partial charge in [0.1, 0.15) is 5.58 Å². The van der Waals surface area contributed by atoms with Crippen LogP contribution in [-0.4, -0.2) is 13.6 Å². The zero-order chi connectivity index (χ0) is 16.4. The molecule has 0 aliphatic carbocycles. The van der Waals surface area contributed by atoms with Gasteiger partial charge in [0.25, 0.3) is 0 Å². The van der Waals surface area contributed by atoms with Gasteiger partial charge in [0.05, 0.1) is 5.56 Å².